The summed E-state index contributed by atoms with van der Waals surface area (Å²) < 4.78 is 11.1. The van der Waals surface area contributed by atoms with Gasteiger partial charge in [0.05, 0.1) is 12.2 Å². The number of methoxy groups -OCH3 is 1. The largest absolute Gasteiger partial charge is 0.508 e. The maximum absolute atomic E-state index is 12.8. The summed E-state index contributed by atoms with van der Waals surface area (Å²) in [4.78, 5) is 17.5. The van der Waals surface area contributed by atoms with Crippen LogP contribution < -0.4 is 15.4 Å². The number of aliphatic imine (C=N–C) groups is 1. The minimum absolute atomic E-state index is 0.0776. The fourth-order valence-corrected chi connectivity index (χ4v) is 3.62. The Labute approximate surface area is 193 Å². The lowest BCUT2D eigenvalue weighted by atomic mass is 9.93. The van der Waals surface area contributed by atoms with Crippen LogP contribution in [-0.2, 0) is 16.0 Å². The number of phenolic OH excluding ortho intramolecular Hbond substituents is 1. The zero-order chi connectivity index (χ0) is 22.9. The monoisotopic (exact) mass is 457 g/mol. The van der Waals surface area contributed by atoms with Crippen LogP contribution in [0.3, 0.4) is 0 Å². The number of nitrogens with zero attached hydrogens (tertiary/aromatic N) is 1. The van der Waals surface area contributed by atoms with Crippen LogP contribution in [0.1, 0.15) is 18.4 Å². The molecule has 2 aromatic rings. The van der Waals surface area contributed by atoms with E-state index in [1.165, 1.54) is 6.07 Å². The minimum Gasteiger partial charge on any atom is -0.508 e. The van der Waals surface area contributed by atoms with Crippen molar-refractivity contribution in [2.75, 3.05) is 27.3 Å². The van der Waals surface area contributed by atoms with Gasteiger partial charge in [-0.25, -0.2) is 0 Å². The highest BCUT2D eigenvalue weighted by Crippen LogP contribution is 2.28. The highest BCUT2D eigenvalue weighted by Gasteiger charge is 2.27. The second-order valence-corrected chi connectivity index (χ2v) is 7.88. The third kappa shape index (κ3) is 6.48. The first kappa shape index (κ1) is 23.6. The number of hydrogen-bond acceptors (Lipinski definition) is 6. The van der Waals surface area contributed by atoms with Crippen molar-refractivity contribution in [3.63, 3.8) is 0 Å². The topological polar surface area (TPSA) is 92.2 Å². The third-order valence-corrected chi connectivity index (χ3v) is 5.39. The highest BCUT2D eigenvalue weighted by molar-refractivity contribution is 6.30. The van der Waals surface area contributed by atoms with E-state index >= 15 is 0 Å². The lowest BCUT2D eigenvalue weighted by Gasteiger charge is -2.18. The molecule has 0 aromatic heterocycles. The molecule has 7 nitrogen and oxygen atoms in total. The fourth-order valence-electron chi connectivity index (χ4n) is 3.50. The van der Waals surface area contributed by atoms with E-state index < -0.39 is 0 Å². The van der Waals surface area contributed by atoms with E-state index in [9.17, 15) is 9.90 Å². The summed E-state index contributed by atoms with van der Waals surface area (Å²) in [6.07, 6.45) is 1.87. The molecule has 0 bridgehead atoms. The maximum Gasteiger partial charge on any atom is 0.251 e. The summed E-state index contributed by atoms with van der Waals surface area (Å²) in [5.41, 5.74) is 1.66. The molecule has 1 aliphatic heterocycles. The van der Waals surface area contributed by atoms with Crippen LogP contribution in [0.15, 0.2) is 64.9 Å². The molecule has 0 spiro atoms. The van der Waals surface area contributed by atoms with Gasteiger partial charge in [-0.2, -0.15) is 4.99 Å². The number of phenols is 1. The van der Waals surface area contributed by atoms with Gasteiger partial charge < -0.3 is 25.2 Å². The number of carbonyl (C=O) groups excluding carboxylic acids is 1. The Morgan fingerprint density at radius 1 is 1.25 bits per heavy atom. The van der Waals surface area contributed by atoms with Gasteiger partial charge in [-0.15, -0.1) is 0 Å². The molecule has 1 amide bonds. The quantitative estimate of drug-likeness (QED) is 0.526. The number of ether oxygens (including phenoxy) is 2. The van der Waals surface area contributed by atoms with Gasteiger partial charge >= 0.3 is 0 Å². The molecule has 3 N–H and O–H groups in total. The lowest BCUT2D eigenvalue weighted by Crippen LogP contribution is -2.30. The van der Waals surface area contributed by atoms with E-state index in [0.717, 1.165) is 5.56 Å². The summed E-state index contributed by atoms with van der Waals surface area (Å²) in [7, 11) is 3.32. The van der Waals surface area contributed by atoms with Crippen LogP contribution in [0.25, 0.3) is 0 Å². The normalized spacial score (nSPS) is 16.2. The molecule has 1 unspecified atom stereocenters. The van der Waals surface area contributed by atoms with Gasteiger partial charge in [-0.1, -0.05) is 29.8 Å². The summed E-state index contributed by atoms with van der Waals surface area (Å²) in [5.74, 6) is 1.27. The number of rotatable bonds is 8. The Kier molecular flexibility index (Phi) is 8.53. The number of hydrogen-bond donors (Lipinski definition) is 3. The number of nitrogens with one attached hydrogen (secondary N) is 2. The van der Waals surface area contributed by atoms with Gasteiger partial charge in [-0.05, 0) is 49.1 Å². The smallest absolute Gasteiger partial charge is 0.251 e. The molecule has 170 valence electrons. The summed E-state index contributed by atoms with van der Waals surface area (Å²) in [6, 6.07) is 14.2. The molecule has 8 heteroatoms. The number of aromatic hydroxyl groups is 1. The predicted octanol–water partition coefficient (Wildman–Crippen LogP) is 3.67. The van der Waals surface area contributed by atoms with Crippen molar-refractivity contribution in [3.05, 3.63) is 70.5 Å². The molecular weight excluding hydrogens is 430 g/mol. The van der Waals surface area contributed by atoms with Crippen molar-refractivity contribution in [2.45, 2.75) is 19.3 Å². The molecular formula is C24H28ClN3O4. The SMILES string of the molecule is CNC1=C(C(=O)NCCOC)CCC(Cc2ccc(Cl)cc2)C(Oc2cccc(O)c2)=N1. The maximum atomic E-state index is 12.8. The zero-order valence-electron chi connectivity index (χ0n) is 18.2. The Hall–Kier alpha value is -3.03. The molecule has 0 radical (unpaired) electrons. The minimum atomic E-state index is -0.181. The van der Waals surface area contributed by atoms with E-state index in [1.807, 2.05) is 24.3 Å². The van der Waals surface area contributed by atoms with E-state index in [1.54, 1.807) is 32.4 Å². The number of halogens is 1. The van der Waals surface area contributed by atoms with Gasteiger partial charge in [-0.3, -0.25) is 4.79 Å². The first-order chi connectivity index (χ1) is 15.5. The van der Waals surface area contributed by atoms with Crippen molar-refractivity contribution >= 4 is 23.4 Å². The van der Waals surface area contributed by atoms with Gasteiger partial charge in [0, 0.05) is 37.7 Å². The Morgan fingerprint density at radius 2 is 2.03 bits per heavy atom. The van der Waals surface area contributed by atoms with Crippen molar-refractivity contribution in [2.24, 2.45) is 10.9 Å². The molecule has 0 fully saturated rings. The van der Waals surface area contributed by atoms with Gasteiger partial charge in [0.15, 0.2) is 5.90 Å². The molecule has 1 heterocycles. The molecule has 0 saturated heterocycles. The van der Waals surface area contributed by atoms with E-state index in [-0.39, 0.29) is 17.6 Å². The Balaban J connectivity index is 1.91. The van der Waals surface area contributed by atoms with Crippen LogP contribution in [0.2, 0.25) is 5.02 Å². The summed E-state index contributed by atoms with van der Waals surface area (Å²) in [6.45, 7) is 0.850. The second-order valence-electron chi connectivity index (χ2n) is 7.44. The first-order valence-electron chi connectivity index (χ1n) is 10.5. The molecule has 32 heavy (non-hydrogen) atoms. The van der Waals surface area contributed by atoms with Crippen molar-refractivity contribution < 1.29 is 19.4 Å². The Bertz CT molecular complexity index is 989. The predicted molar refractivity (Wildman–Crippen MR) is 125 cm³/mol. The standard InChI is InChI=1S/C24H28ClN3O4/c1-26-22-21(23(30)27-12-13-31-2)11-8-17(14-16-6-9-18(25)10-7-16)24(28-22)32-20-5-3-4-19(29)15-20/h3-7,9-10,15,17,26,29H,8,11-14H2,1-2H3,(H,27,30). The summed E-state index contributed by atoms with van der Waals surface area (Å²) >= 11 is 6.03. The average Bonchev–Trinajstić information content (AvgIpc) is 2.95. The second kappa shape index (κ2) is 11.5. The Morgan fingerprint density at radius 3 is 2.72 bits per heavy atom. The zero-order valence-corrected chi connectivity index (χ0v) is 19.0. The highest BCUT2D eigenvalue weighted by atomic mass is 35.5. The first-order valence-corrected chi connectivity index (χ1v) is 10.9. The third-order valence-electron chi connectivity index (χ3n) is 5.14. The van der Waals surface area contributed by atoms with Crippen LogP contribution in [0.5, 0.6) is 11.5 Å². The molecule has 2 aromatic carbocycles. The van der Waals surface area contributed by atoms with E-state index in [0.29, 0.717) is 60.5 Å². The van der Waals surface area contributed by atoms with Crippen LogP contribution in [0, 0.1) is 5.92 Å². The number of benzene rings is 2. The van der Waals surface area contributed by atoms with Gasteiger partial charge in [0.25, 0.3) is 5.91 Å². The van der Waals surface area contributed by atoms with Crippen molar-refractivity contribution in [1.82, 2.24) is 10.6 Å². The van der Waals surface area contributed by atoms with Crippen LogP contribution >= 0.6 is 11.6 Å². The van der Waals surface area contributed by atoms with Crippen LogP contribution in [-0.4, -0.2) is 44.2 Å². The molecule has 0 saturated carbocycles. The van der Waals surface area contributed by atoms with Crippen molar-refractivity contribution in [1.29, 1.82) is 0 Å². The molecule has 1 aliphatic rings. The number of amides is 1. The summed E-state index contributed by atoms with van der Waals surface area (Å²) in [5, 5.41) is 16.4. The van der Waals surface area contributed by atoms with Crippen LogP contribution in [0.4, 0.5) is 0 Å². The molecule has 3 rings (SSSR count). The van der Waals surface area contributed by atoms with Gasteiger partial charge in [0.1, 0.15) is 17.3 Å². The average molecular weight is 458 g/mol. The van der Waals surface area contributed by atoms with Gasteiger partial charge in [0.2, 0.25) is 0 Å². The number of carbonyl (C=O) groups is 1. The fraction of sp³-hybridized carbons (Fsp3) is 0.333. The molecule has 0 aliphatic carbocycles. The molecule has 1 atom stereocenters. The lowest BCUT2D eigenvalue weighted by molar-refractivity contribution is -0.117. The van der Waals surface area contributed by atoms with Crippen molar-refractivity contribution in [3.8, 4) is 11.5 Å². The van der Waals surface area contributed by atoms with E-state index in [4.69, 9.17) is 26.1 Å². The van der Waals surface area contributed by atoms with E-state index in [2.05, 4.69) is 10.6 Å².